The lowest BCUT2D eigenvalue weighted by molar-refractivity contribution is 0.102. The Bertz CT molecular complexity index is 1130. The van der Waals surface area contributed by atoms with E-state index in [1.165, 1.54) is 0 Å². The lowest BCUT2D eigenvalue weighted by Gasteiger charge is -2.42. The molecule has 0 saturated carbocycles. The molecule has 2 aromatic carbocycles. The third-order valence-corrected chi connectivity index (χ3v) is 9.13. The number of amides is 1. The molecule has 1 aromatic heterocycles. The number of carbonyl (C=O) groups excluding carboxylic acids is 1. The van der Waals surface area contributed by atoms with Crippen LogP contribution in [0.15, 0.2) is 60.0 Å². The van der Waals surface area contributed by atoms with Gasteiger partial charge in [0.2, 0.25) is 0 Å². The van der Waals surface area contributed by atoms with Crippen LogP contribution in [0, 0.1) is 11.8 Å². The summed E-state index contributed by atoms with van der Waals surface area (Å²) in [4.78, 5) is 34.4. The van der Waals surface area contributed by atoms with Crippen molar-refractivity contribution in [2.45, 2.75) is 32.9 Å². The van der Waals surface area contributed by atoms with Gasteiger partial charge in [-0.25, -0.2) is 0 Å². The SMILES string of the molecule is CC(C)C(c1ccc(C(=O)Nc2cc(-c3cccs3)ccc2N)cc1)(C(C)C)P(=O)(O)O. The van der Waals surface area contributed by atoms with Crippen LogP contribution >= 0.6 is 18.9 Å². The smallest absolute Gasteiger partial charge is 0.336 e. The Labute approximate surface area is 192 Å². The van der Waals surface area contributed by atoms with Crippen molar-refractivity contribution in [3.63, 3.8) is 0 Å². The molecule has 170 valence electrons. The molecule has 0 aliphatic heterocycles. The summed E-state index contributed by atoms with van der Waals surface area (Å²) in [5.74, 6) is -0.951. The Hall–Kier alpha value is -2.44. The molecule has 0 spiro atoms. The average molecular weight is 473 g/mol. The first kappa shape index (κ1) is 24.2. The maximum Gasteiger partial charge on any atom is 0.336 e. The molecule has 1 heterocycles. The van der Waals surface area contributed by atoms with E-state index < -0.39 is 12.8 Å². The van der Waals surface area contributed by atoms with Gasteiger partial charge in [-0.1, -0.05) is 52.0 Å². The summed E-state index contributed by atoms with van der Waals surface area (Å²) in [7, 11) is -4.49. The van der Waals surface area contributed by atoms with Crippen LogP contribution in [0.2, 0.25) is 0 Å². The zero-order valence-corrected chi connectivity index (χ0v) is 20.3. The van der Waals surface area contributed by atoms with Gasteiger partial charge in [-0.3, -0.25) is 9.36 Å². The minimum absolute atomic E-state index is 0.303. The predicted octanol–water partition coefficient (Wildman–Crippen LogP) is 5.93. The number of nitrogens with one attached hydrogen (secondary N) is 1. The Morgan fingerprint density at radius 1 is 1.03 bits per heavy atom. The van der Waals surface area contributed by atoms with Crippen LogP contribution in [-0.2, 0) is 9.72 Å². The fourth-order valence-corrected chi connectivity index (χ4v) is 7.07. The van der Waals surface area contributed by atoms with Crippen molar-refractivity contribution < 1.29 is 19.1 Å². The molecule has 5 N–H and O–H groups in total. The zero-order valence-electron chi connectivity index (χ0n) is 18.6. The second-order valence-electron chi connectivity index (χ2n) is 8.49. The van der Waals surface area contributed by atoms with Gasteiger partial charge in [-0.15, -0.1) is 11.3 Å². The average Bonchev–Trinajstić information content (AvgIpc) is 3.23. The summed E-state index contributed by atoms with van der Waals surface area (Å²) in [6, 6.07) is 15.9. The second kappa shape index (κ2) is 9.20. The topological polar surface area (TPSA) is 113 Å². The van der Waals surface area contributed by atoms with E-state index in [2.05, 4.69) is 5.32 Å². The van der Waals surface area contributed by atoms with Gasteiger partial charge in [0.25, 0.3) is 5.91 Å². The summed E-state index contributed by atoms with van der Waals surface area (Å²) in [5, 5.41) is 3.50. The van der Waals surface area contributed by atoms with Crippen LogP contribution in [0.25, 0.3) is 10.4 Å². The Morgan fingerprint density at radius 2 is 1.66 bits per heavy atom. The van der Waals surface area contributed by atoms with Crippen molar-refractivity contribution in [3.05, 3.63) is 71.1 Å². The lowest BCUT2D eigenvalue weighted by atomic mass is 9.78. The van der Waals surface area contributed by atoms with E-state index in [0.717, 1.165) is 10.4 Å². The molecule has 1 amide bonds. The summed E-state index contributed by atoms with van der Waals surface area (Å²) in [5.41, 5.74) is 8.89. The maximum absolute atomic E-state index is 12.9. The number of thiophene rings is 1. The Morgan fingerprint density at radius 3 is 2.16 bits per heavy atom. The molecule has 8 heteroatoms. The molecule has 0 fully saturated rings. The van der Waals surface area contributed by atoms with E-state index in [0.29, 0.717) is 22.5 Å². The van der Waals surface area contributed by atoms with E-state index in [1.54, 1.807) is 41.7 Å². The van der Waals surface area contributed by atoms with Crippen molar-refractivity contribution in [1.82, 2.24) is 0 Å². The fraction of sp³-hybridized carbons (Fsp3) is 0.292. The molecule has 0 unspecified atom stereocenters. The van der Waals surface area contributed by atoms with Gasteiger partial charge in [-0.2, -0.15) is 0 Å². The van der Waals surface area contributed by atoms with E-state index in [9.17, 15) is 19.1 Å². The largest absolute Gasteiger partial charge is 0.397 e. The number of benzene rings is 2. The molecule has 0 aliphatic carbocycles. The van der Waals surface area contributed by atoms with Crippen LogP contribution in [0.4, 0.5) is 11.4 Å². The van der Waals surface area contributed by atoms with Gasteiger partial charge in [0, 0.05) is 10.4 Å². The Balaban J connectivity index is 1.90. The number of hydrogen-bond acceptors (Lipinski definition) is 4. The highest BCUT2D eigenvalue weighted by atomic mass is 32.1. The van der Waals surface area contributed by atoms with Gasteiger partial charge in [0.1, 0.15) is 5.16 Å². The molecule has 3 aromatic rings. The van der Waals surface area contributed by atoms with Gasteiger partial charge < -0.3 is 20.8 Å². The van der Waals surface area contributed by atoms with Crippen LogP contribution in [0.5, 0.6) is 0 Å². The van der Waals surface area contributed by atoms with Gasteiger partial charge >= 0.3 is 7.60 Å². The number of hydrogen-bond donors (Lipinski definition) is 4. The third-order valence-electron chi connectivity index (χ3n) is 5.96. The molecule has 3 rings (SSSR count). The number of nitrogen functional groups attached to an aromatic ring is 1. The van der Waals surface area contributed by atoms with E-state index in [-0.39, 0.29) is 17.7 Å². The van der Waals surface area contributed by atoms with Crippen LogP contribution in [-0.4, -0.2) is 15.7 Å². The molecule has 0 atom stereocenters. The van der Waals surface area contributed by atoms with Crippen molar-refractivity contribution in [2.24, 2.45) is 11.8 Å². The zero-order chi connectivity index (χ0) is 23.7. The summed E-state index contributed by atoms with van der Waals surface area (Å²) in [6.07, 6.45) is 0. The highest BCUT2D eigenvalue weighted by Crippen LogP contribution is 2.64. The first-order chi connectivity index (χ1) is 15.0. The third kappa shape index (κ3) is 4.39. The number of anilines is 2. The minimum atomic E-state index is -4.49. The van der Waals surface area contributed by atoms with Gasteiger partial charge in [0.15, 0.2) is 0 Å². The van der Waals surface area contributed by atoms with Crippen LogP contribution in [0.3, 0.4) is 0 Å². The Kier molecular flexibility index (Phi) is 6.96. The monoisotopic (exact) mass is 472 g/mol. The summed E-state index contributed by atoms with van der Waals surface area (Å²) >= 11 is 1.60. The van der Waals surface area contributed by atoms with E-state index >= 15 is 0 Å². The molecule has 0 saturated heterocycles. The molecular formula is C24H29N2O4PS. The molecule has 32 heavy (non-hydrogen) atoms. The lowest BCUT2D eigenvalue weighted by Crippen LogP contribution is -2.37. The molecule has 0 radical (unpaired) electrons. The van der Waals surface area contributed by atoms with Crippen molar-refractivity contribution in [2.75, 3.05) is 11.1 Å². The van der Waals surface area contributed by atoms with E-state index in [4.69, 9.17) is 5.73 Å². The molecule has 0 bridgehead atoms. The summed E-state index contributed by atoms with van der Waals surface area (Å²) in [6.45, 7) is 7.23. The first-order valence-electron chi connectivity index (χ1n) is 10.4. The normalized spacial score (nSPS) is 12.4. The van der Waals surface area contributed by atoms with Crippen molar-refractivity contribution >= 4 is 36.2 Å². The quantitative estimate of drug-likeness (QED) is 0.251. The van der Waals surface area contributed by atoms with E-state index in [1.807, 2.05) is 57.3 Å². The highest BCUT2D eigenvalue weighted by Gasteiger charge is 2.53. The number of rotatable bonds is 7. The second-order valence-corrected chi connectivity index (χ2v) is 11.3. The molecule has 0 aliphatic rings. The number of nitrogens with two attached hydrogens (primary N) is 1. The van der Waals surface area contributed by atoms with Gasteiger partial charge in [0.05, 0.1) is 11.4 Å². The van der Waals surface area contributed by atoms with Gasteiger partial charge in [-0.05, 0) is 58.7 Å². The standard InChI is InChI=1S/C24H29N2O4PS/c1-15(2)24(16(3)4,31(28,29)30)19-10-7-17(8-11-19)23(27)26-21-14-18(9-12-20(21)25)22-6-5-13-32-22/h5-16H,25H2,1-4H3,(H,26,27)(H2,28,29,30). The molecular weight excluding hydrogens is 443 g/mol. The van der Waals surface area contributed by atoms with Crippen molar-refractivity contribution in [3.8, 4) is 10.4 Å². The first-order valence-corrected chi connectivity index (χ1v) is 12.9. The minimum Gasteiger partial charge on any atom is -0.397 e. The van der Waals surface area contributed by atoms with Crippen molar-refractivity contribution in [1.29, 1.82) is 0 Å². The summed E-state index contributed by atoms with van der Waals surface area (Å²) < 4.78 is 12.6. The fourth-order valence-electron chi connectivity index (χ4n) is 4.52. The predicted molar refractivity (Wildman–Crippen MR) is 132 cm³/mol. The van der Waals surface area contributed by atoms with Crippen LogP contribution in [0.1, 0.15) is 43.6 Å². The van der Waals surface area contributed by atoms with Crippen LogP contribution < -0.4 is 11.1 Å². The maximum atomic E-state index is 12.9. The number of carbonyl (C=O) groups is 1. The highest BCUT2D eigenvalue weighted by molar-refractivity contribution is 7.53. The molecule has 6 nitrogen and oxygen atoms in total.